The minimum Gasteiger partial charge on any atom is -0.324 e. The molecule has 9 nitrogen and oxygen atoms in total. The highest BCUT2D eigenvalue weighted by atomic mass is 32.2. The van der Waals surface area contributed by atoms with E-state index in [0.29, 0.717) is 0 Å². The molecule has 0 amide bonds. The third-order valence-corrected chi connectivity index (χ3v) is 4.62. The van der Waals surface area contributed by atoms with Crippen molar-refractivity contribution in [3.8, 4) is 0 Å². The minimum atomic E-state index is -4.03. The van der Waals surface area contributed by atoms with E-state index >= 15 is 0 Å². The molecule has 0 saturated heterocycles. The number of sulfonamides is 1. The molecule has 0 aliphatic rings. The van der Waals surface area contributed by atoms with Crippen LogP contribution in [0.2, 0.25) is 0 Å². The van der Waals surface area contributed by atoms with E-state index in [2.05, 4.69) is 20.0 Å². The van der Waals surface area contributed by atoms with Gasteiger partial charge >= 0.3 is 0 Å². The monoisotopic (exact) mass is 371 g/mol. The molecule has 132 valence electrons. The molecule has 2 aromatic carbocycles. The second-order valence-corrected chi connectivity index (χ2v) is 6.80. The van der Waals surface area contributed by atoms with E-state index in [1.807, 2.05) is 30.3 Å². The summed E-state index contributed by atoms with van der Waals surface area (Å²) >= 11 is 0. The zero-order valence-corrected chi connectivity index (χ0v) is 14.1. The minimum absolute atomic E-state index is 0.0323. The van der Waals surface area contributed by atoms with Crippen LogP contribution in [0.1, 0.15) is 0 Å². The van der Waals surface area contributed by atoms with Crippen molar-refractivity contribution in [2.45, 2.75) is 4.90 Å². The average Bonchev–Trinajstić information content (AvgIpc) is 2.62. The molecule has 3 rings (SSSR count). The van der Waals surface area contributed by atoms with Gasteiger partial charge in [-0.3, -0.25) is 14.8 Å². The molecule has 1 aromatic heterocycles. The topological polar surface area (TPSA) is 127 Å². The molecule has 0 atom stereocenters. The molecule has 1 heterocycles. The summed E-state index contributed by atoms with van der Waals surface area (Å²) in [5, 5.41) is 13.8. The number of nitro groups is 1. The standard InChI is InChI=1S/C16H13N5O4S/c22-21(23)13-7-4-8-14(11-13)26(24,25)20-15-9-10-17-16(19-15)18-12-5-2-1-3-6-12/h1-11H,(H2,17,18,19,20). The molecule has 0 unspecified atom stereocenters. The number of nitrogens with one attached hydrogen (secondary N) is 2. The Hall–Kier alpha value is -3.53. The van der Waals surface area contributed by atoms with Gasteiger partial charge in [0.05, 0.1) is 9.82 Å². The van der Waals surface area contributed by atoms with Crippen LogP contribution in [-0.2, 0) is 10.0 Å². The number of nitro benzene ring substituents is 1. The van der Waals surface area contributed by atoms with Gasteiger partial charge in [-0.15, -0.1) is 0 Å². The third kappa shape index (κ3) is 4.11. The first-order valence-corrected chi connectivity index (χ1v) is 8.85. The quantitative estimate of drug-likeness (QED) is 0.504. The second-order valence-electron chi connectivity index (χ2n) is 5.12. The van der Waals surface area contributed by atoms with Gasteiger partial charge in [-0.05, 0) is 24.3 Å². The van der Waals surface area contributed by atoms with Crippen LogP contribution < -0.4 is 10.0 Å². The number of non-ortho nitro benzene ring substituents is 1. The van der Waals surface area contributed by atoms with Gasteiger partial charge in [0.15, 0.2) is 0 Å². The smallest absolute Gasteiger partial charge is 0.270 e. The van der Waals surface area contributed by atoms with Crippen molar-refractivity contribution in [3.63, 3.8) is 0 Å². The number of anilines is 3. The van der Waals surface area contributed by atoms with Crippen LogP contribution in [-0.4, -0.2) is 23.3 Å². The lowest BCUT2D eigenvalue weighted by Crippen LogP contribution is -2.14. The lowest BCUT2D eigenvalue weighted by molar-refractivity contribution is -0.385. The molecule has 0 fully saturated rings. The first-order chi connectivity index (χ1) is 12.4. The fourth-order valence-corrected chi connectivity index (χ4v) is 3.13. The van der Waals surface area contributed by atoms with Crippen LogP contribution in [0.3, 0.4) is 0 Å². The number of hydrogen-bond acceptors (Lipinski definition) is 7. The second kappa shape index (κ2) is 7.15. The van der Waals surface area contributed by atoms with Gasteiger partial charge in [0.1, 0.15) is 5.82 Å². The van der Waals surface area contributed by atoms with Crippen molar-refractivity contribution in [1.29, 1.82) is 0 Å². The molecular formula is C16H13N5O4S. The van der Waals surface area contributed by atoms with E-state index in [-0.39, 0.29) is 22.3 Å². The number of aromatic nitrogens is 2. The van der Waals surface area contributed by atoms with Crippen LogP contribution >= 0.6 is 0 Å². The van der Waals surface area contributed by atoms with E-state index in [1.165, 1.54) is 30.5 Å². The molecule has 0 bridgehead atoms. The number of para-hydroxylation sites is 1. The normalized spacial score (nSPS) is 10.9. The van der Waals surface area contributed by atoms with Crippen molar-refractivity contribution >= 4 is 33.2 Å². The number of rotatable bonds is 6. The Bertz CT molecular complexity index is 1040. The fourth-order valence-electron chi connectivity index (χ4n) is 2.09. The van der Waals surface area contributed by atoms with Crippen molar-refractivity contribution < 1.29 is 13.3 Å². The van der Waals surface area contributed by atoms with Gasteiger partial charge in [-0.1, -0.05) is 24.3 Å². The number of nitrogens with zero attached hydrogens (tertiary/aromatic N) is 3. The van der Waals surface area contributed by atoms with Crippen LogP contribution in [0.15, 0.2) is 71.8 Å². The summed E-state index contributed by atoms with van der Waals surface area (Å²) in [4.78, 5) is 18.0. The fraction of sp³-hybridized carbons (Fsp3) is 0. The Kier molecular flexibility index (Phi) is 4.76. The summed E-state index contributed by atoms with van der Waals surface area (Å²) in [7, 11) is -4.03. The summed E-state index contributed by atoms with van der Waals surface area (Å²) in [5.74, 6) is 0.236. The molecule has 10 heteroatoms. The van der Waals surface area contributed by atoms with Crippen molar-refractivity contribution in [1.82, 2.24) is 9.97 Å². The van der Waals surface area contributed by atoms with E-state index in [0.717, 1.165) is 11.8 Å². The average molecular weight is 371 g/mol. The highest BCUT2D eigenvalue weighted by molar-refractivity contribution is 7.92. The SMILES string of the molecule is O=[N+]([O-])c1cccc(S(=O)(=O)Nc2ccnc(Nc3ccccc3)n2)c1. The van der Waals surface area contributed by atoms with Gasteiger partial charge < -0.3 is 5.32 Å². The van der Waals surface area contributed by atoms with Crippen LogP contribution in [0.4, 0.5) is 23.1 Å². The lowest BCUT2D eigenvalue weighted by Gasteiger charge is -2.09. The first-order valence-electron chi connectivity index (χ1n) is 7.36. The summed E-state index contributed by atoms with van der Waals surface area (Å²) in [5.41, 5.74) is 0.424. The molecule has 3 aromatic rings. The molecule has 2 N–H and O–H groups in total. The predicted octanol–water partition coefficient (Wildman–Crippen LogP) is 2.93. The Morgan fingerprint density at radius 2 is 1.77 bits per heavy atom. The Labute approximate surface area is 148 Å². The molecule has 0 aliphatic carbocycles. The third-order valence-electron chi connectivity index (χ3n) is 3.26. The van der Waals surface area contributed by atoms with E-state index in [1.54, 1.807) is 0 Å². The largest absolute Gasteiger partial charge is 0.324 e. The summed E-state index contributed by atoms with van der Waals surface area (Å²) < 4.78 is 27.1. The summed E-state index contributed by atoms with van der Waals surface area (Å²) in [6, 6.07) is 15.3. The van der Waals surface area contributed by atoms with Gasteiger partial charge in [-0.2, -0.15) is 4.98 Å². The Morgan fingerprint density at radius 3 is 2.50 bits per heavy atom. The molecule has 0 spiro atoms. The van der Waals surface area contributed by atoms with E-state index in [9.17, 15) is 18.5 Å². The maximum absolute atomic E-state index is 12.4. The molecule has 26 heavy (non-hydrogen) atoms. The van der Waals surface area contributed by atoms with Gasteiger partial charge in [0.25, 0.3) is 15.7 Å². The highest BCUT2D eigenvalue weighted by Crippen LogP contribution is 2.20. The molecule has 0 aliphatic heterocycles. The van der Waals surface area contributed by atoms with E-state index in [4.69, 9.17) is 0 Å². The summed E-state index contributed by atoms with van der Waals surface area (Å²) in [6.45, 7) is 0. The maximum atomic E-state index is 12.4. The van der Waals surface area contributed by atoms with Crippen LogP contribution in [0.25, 0.3) is 0 Å². The van der Waals surface area contributed by atoms with Gasteiger partial charge in [0.2, 0.25) is 5.95 Å². The highest BCUT2D eigenvalue weighted by Gasteiger charge is 2.18. The van der Waals surface area contributed by atoms with Crippen LogP contribution in [0.5, 0.6) is 0 Å². The number of benzene rings is 2. The molecule has 0 saturated carbocycles. The molecular weight excluding hydrogens is 358 g/mol. The molecule has 0 radical (unpaired) electrons. The van der Waals surface area contributed by atoms with Gasteiger partial charge in [-0.25, -0.2) is 13.4 Å². The Morgan fingerprint density at radius 1 is 1.00 bits per heavy atom. The lowest BCUT2D eigenvalue weighted by atomic mass is 10.3. The first kappa shape index (κ1) is 17.3. The van der Waals surface area contributed by atoms with E-state index < -0.39 is 14.9 Å². The predicted molar refractivity (Wildman–Crippen MR) is 95.7 cm³/mol. The summed E-state index contributed by atoms with van der Waals surface area (Å²) in [6.07, 6.45) is 1.39. The Balaban J connectivity index is 1.83. The number of hydrogen-bond donors (Lipinski definition) is 2. The van der Waals surface area contributed by atoms with Gasteiger partial charge in [0, 0.05) is 24.0 Å². The van der Waals surface area contributed by atoms with Crippen molar-refractivity contribution in [2.75, 3.05) is 10.0 Å². The zero-order chi connectivity index (χ0) is 18.6. The van der Waals surface area contributed by atoms with Crippen molar-refractivity contribution in [3.05, 3.63) is 77.0 Å². The zero-order valence-electron chi connectivity index (χ0n) is 13.2. The van der Waals surface area contributed by atoms with Crippen molar-refractivity contribution in [2.24, 2.45) is 0 Å². The van der Waals surface area contributed by atoms with Crippen LogP contribution in [0, 0.1) is 10.1 Å². The maximum Gasteiger partial charge on any atom is 0.270 e.